The summed E-state index contributed by atoms with van der Waals surface area (Å²) in [6.07, 6.45) is 0. The van der Waals surface area contributed by atoms with Crippen LogP contribution in [-0.2, 0) is 6.54 Å². The molecule has 0 saturated heterocycles. The Balaban J connectivity index is 1.45. The molecule has 1 N–H and O–H groups in total. The number of carbonyl (C=O) groups is 1. The van der Waals surface area contributed by atoms with E-state index in [1.807, 2.05) is 54.6 Å². The van der Waals surface area contributed by atoms with Crippen molar-refractivity contribution in [3.63, 3.8) is 0 Å². The van der Waals surface area contributed by atoms with Gasteiger partial charge in [-0.2, -0.15) is 0 Å². The summed E-state index contributed by atoms with van der Waals surface area (Å²) in [6.45, 7) is 1.02. The molecule has 3 rings (SSSR count). The summed E-state index contributed by atoms with van der Waals surface area (Å²) in [5, 5.41) is 2.92. The summed E-state index contributed by atoms with van der Waals surface area (Å²) in [5.41, 5.74) is 1.54. The van der Waals surface area contributed by atoms with Gasteiger partial charge in [-0.1, -0.05) is 36.4 Å². The van der Waals surface area contributed by atoms with E-state index in [4.69, 9.17) is 9.47 Å². The molecule has 0 aromatic heterocycles. The van der Waals surface area contributed by atoms with E-state index < -0.39 is 0 Å². The summed E-state index contributed by atoms with van der Waals surface area (Å²) < 4.78 is 11.1. The van der Waals surface area contributed by atoms with Crippen LogP contribution >= 0.6 is 11.8 Å². The quantitative estimate of drug-likeness (QED) is 0.419. The standard InChI is InChI=1S/C23H23NO3S/c1-26-22-10-6-5-7-19(22)17-24-23(25)18-11-13-20(14-12-18)27-15-16-28-21-8-3-2-4-9-21/h2-14H,15-17H2,1H3,(H,24,25). The first-order valence-electron chi connectivity index (χ1n) is 9.07. The maximum Gasteiger partial charge on any atom is 0.251 e. The van der Waals surface area contributed by atoms with Gasteiger partial charge in [0.25, 0.3) is 5.91 Å². The van der Waals surface area contributed by atoms with Crippen LogP contribution in [-0.4, -0.2) is 25.4 Å². The van der Waals surface area contributed by atoms with Crippen LogP contribution in [0.5, 0.6) is 11.5 Å². The molecule has 0 atom stereocenters. The predicted octanol–water partition coefficient (Wildman–Crippen LogP) is 4.80. The molecule has 0 fully saturated rings. The van der Waals surface area contributed by atoms with Gasteiger partial charge in [-0.3, -0.25) is 4.79 Å². The lowest BCUT2D eigenvalue weighted by molar-refractivity contribution is 0.0950. The number of thioether (sulfide) groups is 1. The fourth-order valence-electron chi connectivity index (χ4n) is 2.66. The Labute approximate surface area is 169 Å². The van der Waals surface area contributed by atoms with E-state index in [9.17, 15) is 4.79 Å². The molecule has 0 radical (unpaired) electrons. The zero-order valence-electron chi connectivity index (χ0n) is 15.8. The monoisotopic (exact) mass is 393 g/mol. The number of ether oxygens (including phenoxy) is 2. The highest BCUT2D eigenvalue weighted by molar-refractivity contribution is 7.99. The van der Waals surface area contributed by atoms with Gasteiger partial charge in [-0.25, -0.2) is 0 Å². The number of hydrogen-bond donors (Lipinski definition) is 1. The normalized spacial score (nSPS) is 10.3. The van der Waals surface area contributed by atoms with Crippen molar-refractivity contribution in [2.24, 2.45) is 0 Å². The zero-order chi connectivity index (χ0) is 19.6. The highest BCUT2D eigenvalue weighted by Gasteiger charge is 2.08. The summed E-state index contributed by atoms with van der Waals surface area (Å²) in [4.78, 5) is 13.6. The van der Waals surface area contributed by atoms with Crippen molar-refractivity contribution in [2.45, 2.75) is 11.4 Å². The van der Waals surface area contributed by atoms with Crippen molar-refractivity contribution in [2.75, 3.05) is 19.5 Å². The van der Waals surface area contributed by atoms with Crippen LogP contribution in [0, 0.1) is 0 Å². The molecule has 0 heterocycles. The first-order chi connectivity index (χ1) is 13.8. The minimum absolute atomic E-state index is 0.128. The minimum atomic E-state index is -0.128. The topological polar surface area (TPSA) is 47.6 Å². The Kier molecular flexibility index (Phi) is 7.38. The molecule has 5 heteroatoms. The second-order valence-corrected chi connectivity index (χ2v) is 7.20. The Bertz CT molecular complexity index is 882. The first kappa shape index (κ1) is 19.8. The molecule has 4 nitrogen and oxygen atoms in total. The van der Waals surface area contributed by atoms with Crippen LogP contribution in [0.4, 0.5) is 0 Å². The van der Waals surface area contributed by atoms with Gasteiger partial charge in [0.15, 0.2) is 0 Å². The first-order valence-corrected chi connectivity index (χ1v) is 10.1. The van der Waals surface area contributed by atoms with Gasteiger partial charge in [0.05, 0.1) is 13.7 Å². The zero-order valence-corrected chi connectivity index (χ0v) is 16.6. The van der Waals surface area contributed by atoms with Gasteiger partial charge >= 0.3 is 0 Å². The largest absolute Gasteiger partial charge is 0.496 e. The Morgan fingerprint density at radius 1 is 0.929 bits per heavy atom. The third kappa shape index (κ3) is 5.79. The second-order valence-electron chi connectivity index (χ2n) is 6.03. The van der Waals surface area contributed by atoms with Gasteiger partial charge in [-0.15, -0.1) is 11.8 Å². The van der Waals surface area contributed by atoms with Crippen molar-refractivity contribution in [3.8, 4) is 11.5 Å². The van der Waals surface area contributed by atoms with Crippen LogP contribution in [0.1, 0.15) is 15.9 Å². The SMILES string of the molecule is COc1ccccc1CNC(=O)c1ccc(OCCSc2ccccc2)cc1. The maximum atomic E-state index is 12.4. The summed E-state index contributed by atoms with van der Waals surface area (Å²) in [5.74, 6) is 2.26. The van der Waals surface area contributed by atoms with Gasteiger partial charge in [0.2, 0.25) is 0 Å². The van der Waals surface area contributed by atoms with Crippen LogP contribution in [0.2, 0.25) is 0 Å². The highest BCUT2D eigenvalue weighted by atomic mass is 32.2. The molecule has 0 saturated carbocycles. The molecule has 0 aliphatic rings. The van der Waals surface area contributed by atoms with E-state index in [0.29, 0.717) is 18.7 Å². The van der Waals surface area contributed by atoms with E-state index in [0.717, 1.165) is 22.8 Å². The maximum absolute atomic E-state index is 12.4. The molecule has 0 bridgehead atoms. The number of rotatable bonds is 9. The van der Waals surface area contributed by atoms with Gasteiger partial charge in [0, 0.05) is 28.3 Å². The van der Waals surface area contributed by atoms with Gasteiger partial charge < -0.3 is 14.8 Å². The van der Waals surface area contributed by atoms with Gasteiger partial charge in [0.1, 0.15) is 11.5 Å². The lowest BCUT2D eigenvalue weighted by Gasteiger charge is -2.10. The summed E-state index contributed by atoms with van der Waals surface area (Å²) in [7, 11) is 1.62. The molecule has 28 heavy (non-hydrogen) atoms. The van der Waals surface area contributed by atoms with E-state index in [2.05, 4.69) is 17.4 Å². The average molecular weight is 394 g/mol. The Morgan fingerprint density at radius 2 is 1.64 bits per heavy atom. The Morgan fingerprint density at radius 3 is 2.39 bits per heavy atom. The lowest BCUT2D eigenvalue weighted by Crippen LogP contribution is -2.23. The van der Waals surface area contributed by atoms with Crippen LogP contribution in [0.15, 0.2) is 83.8 Å². The molecular weight excluding hydrogens is 370 g/mol. The molecule has 0 aliphatic heterocycles. The van der Waals surface area contributed by atoms with Crippen molar-refractivity contribution in [1.29, 1.82) is 0 Å². The molecule has 3 aromatic rings. The fourth-order valence-corrected chi connectivity index (χ4v) is 3.42. The lowest BCUT2D eigenvalue weighted by atomic mass is 10.1. The molecule has 144 valence electrons. The number of para-hydroxylation sites is 1. The third-order valence-electron chi connectivity index (χ3n) is 4.11. The smallest absolute Gasteiger partial charge is 0.251 e. The molecule has 0 aliphatic carbocycles. The molecule has 3 aromatic carbocycles. The van der Waals surface area contributed by atoms with Crippen molar-refractivity contribution >= 4 is 17.7 Å². The van der Waals surface area contributed by atoms with E-state index in [1.54, 1.807) is 31.0 Å². The van der Waals surface area contributed by atoms with E-state index in [-0.39, 0.29) is 5.91 Å². The van der Waals surface area contributed by atoms with Crippen molar-refractivity contribution in [1.82, 2.24) is 5.32 Å². The average Bonchev–Trinajstić information content (AvgIpc) is 2.76. The fraction of sp³-hybridized carbons (Fsp3) is 0.174. The molecule has 0 spiro atoms. The number of benzene rings is 3. The van der Waals surface area contributed by atoms with E-state index in [1.165, 1.54) is 4.90 Å². The summed E-state index contributed by atoms with van der Waals surface area (Å²) in [6, 6.07) is 25.1. The third-order valence-corrected chi connectivity index (χ3v) is 5.09. The van der Waals surface area contributed by atoms with Crippen LogP contribution < -0.4 is 14.8 Å². The van der Waals surface area contributed by atoms with Crippen molar-refractivity contribution in [3.05, 3.63) is 90.0 Å². The number of hydrogen-bond acceptors (Lipinski definition) is 4. The number of nitrogens with one attached hydrogen (secondary N) is 1. The molecule has 1 amide bonds. The predicted molar refractivity (Wildman–Crippen MR) is 113 cm³/mol. The van der Waals surface area contributed by atoms with E-state index >= 15 is 0 Å². The number of amides is 1. The van der Waals surface area contributed by atoms with Crippen LogP contribution in [0.25, 0.3) is 0 Å². The second kappa shape index (κ2) is 10.4. The highest BCUT2D eigenvalue weighted by Crippen LogP contribution is 2.19. The van der Waals surface area contributed by atoms with Crippen LogP contribution in [0.3, 0.4) is 0 Å². The number of carbonyl (C=O) groups excluding carboxylic acids is 1. The van der Waals surface area contributed by atoms with Crippen molar-refractivity contribution < 1.29 is 14.3 Å². The summed E-state index contributed by atoms with van der Waals surface area (Å²) >= 11 is 1.76. The van der Waals surface area contributed by atoms with Gasteiger partial charge in [-0.05, 0) is 42.5 Å². The number of methoxy groups -OCH3 is 1. The molecule has 0 unspecified atom stereocenters. The minimum Gasteiger partial charge on any atom is -0.496 e. The molecular formula is C23H23NO3S. The Hall–Kier alpha value is -2.92.